The van der Waals surface area contributed by atoms with Gasteiger partial charge in [0, 0.05) is 16.6 Å². The molecule has 0 bridgehead atoms. The van der Waals surface area contributed by atoms with Crippen LogP contribution in [0.25, 0.3) is 0 Å². The van der Waals surface area contributed by atoms with Crippen LogP contribution in [0.1, 0.15) is 29.5 Å². The maximum Gasteiger partial charge on any atom is 0.159 e. The van der Waals surface area contributed by atoms with Crippen LogP contribution in [-0.2, 0) is 4.79 Å². The Morgan fingerprint density at radius 1 is 1.29 bits per heavy atom. The molecule has 0 amide bonds. The van der Waals surface area contributed by atoms with Crippen molar-refractivity contribution in [1.29, 1.82) is 5.26 Å². The van der Waals surface area contributed by atoms with Gasteiger partial charge in [-0.15, -0.1) is 0 Å². The number of rotatable bonds is 4. The molecular weight excluding hydrogens is 328 g/mol. The van der Waals surface area contributed by atoms with Gasteiger partial charge in [0.25, 0.3) is 0 Å². The number of ketones is 1. The van der Waals surface area contributed by atoms with Gasteiger partial charge in [-0.2, -0.15) is 5.26 Å². The first-order chi connectivity index (χ1) is 10.2. The van der Waals surface area contributed by atoms with Crippen molar-refractivity contribution >= 4 is 21.7 Å². The van der Waals surface area contributed by atoms with Crippen molar-refractivity contribution in [3.63, 3.8) is 0 Å². The zero-order valence-corrected chi connectivity index (χ0v) is 12.8. The number of nitriles is 1. The van der Waals surface area contributed by atoms with Gasteiger partial charge in [0.2, 0.25) is 0 Å². The Morgan fingerprint density at radius 3 is 2.71 bits per heavy atom. The summed E-state index contributed by atoms with van der Waals surface area (Å²) >= 11 is 3.52. The molecule has 4 heteroatoms. The van der Waals surface area contributed by atoms with E-state index in [1.54, 1.807) is 24.4 Å². The molecule has 1 saturated carbocycles. The second-order valence-corrected chi connectivity index (χ2v) is 6.04. The molecule has 0 saturated heterocycles. The molecule has 3 atom stereocenters. The third kappa shape index (κ3) is 2.74. The van der Waals surface area contributed by atoms with E-state index in [1.807, 2.05) is 24.3 Å². The lowest BCUT2D eigenvalue weighted by molar-refractivity contribution is -0.120. The maximum atomic E-state index is 12.6. The van der Waals surface area contributed by atoms with Crippen LogP contribution in [0.2, 0.25) is 0 Å². The molecule has 1 fully saturated rings. The normalized spacial score (nSPS) is 21.3. The Morgan fingerprint density at radius 2 is 2.05 bits per heavy atom. The van der Waals surface area contributed by atoms with Gasteiger partial charge in [-0.25, -0.2) is 0 Å². The molecule has 21 heavy (non-hydrogen) atoms. The molecule has 104 valence electrons. The highest BCUT2D eigenvalue weighted by molar-refractivity contribution is 9.10. The highest BCUT2D eigenvalue weighted by Crippen LogP contribution is 2.51. The van der Waals surface area contributed by atoms with Crippen LogP contribution in [0.5, 0.6) is 0 Å². The van der Waals surface area contributed by atoms with Gasteiger partial charge < -0.3 is 0 Å². The minimum Gasteiger partial charge on any atom is -0.297 e. The predicted octanol–water partition coefficient (Wildman–Crippen LogP) is 3.82. The first-order valence-electron chi connectivity index (χ1n) is 6.81. The number of benzene rings is 1. The smallest absolute Gasteiger partial charge is 0.159 e. The largest absolute Gasteiger partial charge is 0.297 e. The molecule has 0 N–H and O–H groups in total. The van der Waals surface area contributed by atoms with E-state index in [9.17, 15) is 10.1 Å². The Hall–Kier alpha value is -1.99. The molecule has 3 nitrogen and oxygen atoms in total. The third-order valence-corrected chi connectivity index (χ3v) is 4.58. The van der Waals surface area contributed by atoms with E-state index in [0.717, 1.165) is 16.5 Å². The molecule has 0 aliphatic heterocycles. The van der Waals surface area contributed by atoms with E-state index < -0.39 is 5.92 Å². The molecule has 1 aromatic heterocycles. The molecule has 1 aliphatic carbocycles. The summed E-state index contributed by atoms with van der Waals surface area (Å²) in [4.78, 5) is 16.7. The molecule has 0 spiro atoms. The summed E-state index contributed by atoms with van der Waals surface area (Å²) in [5.41, 5.74) is 1.69. The summed E-state index contributed by atoms with van der Waals surface area (Å²) in [7, 11) is 0. The van der Waals surface area contributed by atoms with Crippen LogP contribution >= 0.6 is 15.9 Å². The van der Waals surface area contributed by atoms with Crippen molar-refractivity contribution in [2.24, 2.45) is 5.92 Å². The predicted molar refractivity (Wildman–Crippen MR) is 82.6 cm³/mol. The van der Waals surface area contributed by atoms with Crippen molar-refractivity contribution in [3.05, 3.63) is 64.4 Å². The van der Waals surface area contributed by atoms with E-state index >= 15 is 0 Å². The lowest BCUT2D eigenvalue weighted by Crippen LogP contribution is -2.15. The number of pyridine rings is 1. The summed E-state index contributed by atoms with van der Waals surface area (Å²) in [6.45, 7) is 0. The van der Waals surface area contributed by atoms with Crippen molar-refractivity contribution in [2.45, 2.75) is 18.3 Å². The first-order valence-corrected chi connectivity index (χ1v) is 7.60. The van der Waals surface area contributed by atoms with Gasteiger partial charge in [0.05, 0.1) is 11.8 Å². The number of carbonyl (C=O) groups excluding carboxylic acids is 1. The SMILES string of the molecule is N#C[C@H](C(=O)[C@H]1C[C@H]1c1ccccc1Br)c1ccccn1. The highest BCUT2D eigenvalue weighted by Gasteiger charge is 2.47. The number of carbonyl (C=O) groups is 1. The Labute approximate surface area is 131 Å². The Kier molecular flexibility index (Phi) is 3.85. The number of hydrogen-bond acceptors (Lipinski definition) is 3. The van der Waals surface area contributed by atoms with E-state index in [0.29, 0.717) is 5.69 Å². The minimum atomic E-state index is -0.760. The first kappa shape index (κ1) is 14.0. The second-order valence-electron chi connectivity index (χ2n) is 5.19. The molecular formula is C17H13BrN2O. The van der Waals surface area contributed by atoms with Crippen LogP contribution in [0.4, 0.5) is 0 Å². The molecule has 2 aromatic rings. The van der Waals surface area contributed by atoms with E-state index in [2.05, 4.69) is 27.0 Å². The summed E-state index contributed by atoms with van der Waals surface area (Å²) in [5, 5.41) is 9.32. The number of Topliss-reactive ketones (excluding diaryl/α,β-unsaturated/α-hetero) is 1. The van der Waals surface area contributed by atoms with E-state index in [-0.39, 0.29) is 17.6 Å². The topological polar surface area (TPSA) is 53.8 Å². The van der Waals surface area contributed by atoms with E-state index in [4.69, 9.17) is 0 Å². The number of nitrogens with zero attached hydrogens (tertiary/aromatic N) is 2. The lowest BCUT2D eigenvalue weighted by atomic mass is 9.95. The minimum absolute atomic E-state index is 0.0167. The zero-order valence-electron chi connectivity index (χ0n) is 11.2. The fourth-order valence-corrected chi connectivity index (χ4v) is 3.24. The van der Waals surface area contributed by atoms with Crippen LogP contribution in [0, 0.1) is 17.2 Å². The highest BCUT2D eigenvalue weighted by atomic mass is 79.9. The van der Waals surface area contributed by atoms with Crippen molar-refractivity contribution in [3.8, 4) is 6.07 Å². The van der Waals surface area contributed by atoms with Gasteiger partial charge in [-0.05, 0) is 36.1 Å². The molecule has 0 radical (unpaired) electrons. The van der Waals surface area contributed by atoms with Crippen molar-refractivity contribution < 1.29 is 4.79 Å². The summed E-state index contributed by atoms with van der Waals surface area (Å²) in [6.07, 6.45) is 2.43. The quantitative estimate of drug-likeness (QED) is 0.849. The van der Waals surface area contributed by atoms with E-state index in [1.165, 1.54) is 0 Å². The van der Waals surface area contributed by atoms with Crippen molar-refractivity contribution in [2.75, 3.05) is 0 Å². The van der Waals surface area contributed by atoms with Gasteiger partial charge in [-0.1, -0.05) is 40.2 Å². The average Bonchev–Trinajstić information content (AvgIpc) is 3.30. The summed E-state index contributed by atoms with van der Waals surface area (Å²) in [5.74, 6) is -0.636. The van der Waals surface area contributed by atoms with Gasteiger partial charge >= 0.3 is 0 Å². The number of aromatic nitrogens is 1. The van der Waals surface area contributed by atoms with Crippen LogP contribution in [0.15, 0.2) is 53.1 Å². The molecule has 1 aromatic carbocycles. The lowest BCUT2D eigenvalue weighted by Gasteiger charge is -2.08. The summed E-state index contributed by atoms with van der Waals surface area (Å²) in [6, 6.07) is 15.4. The molecule has 1 aliphatic rings. The van der Waals surface area contributed by atoms with Gasteiger partial charge in [0.15, 0.2) is 5.78 Å². The van der Waals surface area contributed by atoms with Crippen LogP contribution in [-0.4, -0.2) is 10.8 Å². The van der Waals surface area contributed by atoms with Gasteiger partial charge in [0.1, 0.15) is 5.92 Å². The Balaban J connectivity index is 1.79. The standard InChI is InChI=1S/C17H13BrN2O/c18-15-6-2-1-5-11(15)12-9-13(12)17(21)14(10-19)16-7-3-4-8-20-16/h1-8,12-14H,9H2/t12-,13-,14-/m0/s1. The third-order valence-electron chi connectivity index (χ3n) is 3.86. The Bertz CT molecular complexity index is 708. The second kappa shape index (κ2) is 5.79. The van der Waals surface area contributed by atoms with Crippen molar-refractivity contribution in [1.82, 2.24) is 4.98 Å². The summed E-state index contributed by atoms with van der Waals surface area (Å²) < 4.78 is 1.02. The molecule has 3 rings (SSSR count). The molecule has 0 unspecified atom stereocenters. The van der Waals surface area contributed by atoms with Crippen LogP contribution < -0.4 is 0 Å². The fraction of sp³-hybridized carbons (Fsp3) is 0.235. The van der Waals surface area contributed by atoms with Gasteiger partial charge in [-0.3, -0.25) is 9.78 Å². The maximum absolute atomic E-state index is 12.6. The number of hydrogen-bond donors (Lipinski definition) is 0. The zero-order chi connectivity index (χ0) is 14.8. The molecule has 1 heterocycles. The number of halogens is 1. The average molecular weight is 341 g/mol. The monoisotopic (exact) mass is 340 g/mol. The van der Waals surface area contributed by atoms with Crippen LogP contribution in [0.3, 0.4) is 0 Å². The fourth-order valence-electron chi connectivity index (χ4n) is 2.67.